The number of hydrogen-bond donors (Lipinski definition) is 2. The molecule has 0 bridgehead atoms. The molecule has 0 radical (unpaired) electrons. The molecule has 0 aliphatic rings. The first-order valence-corrected chi connectivity index (χ1v) is 7.60. The zero-order valence-electron chi connectivity index (χ0n) is 14.9. The summed E-state index contributed by atoms with van der Waals surface area (Å²) in [5, 5.41) is 5.28. The lowest BCUT2D eigenvalue weighted by molar-refractivity contribution is 0.186. The Morgan fingerprint density at radius 2 is 1.08 bits per heavy atom. The van der Waals surface area contributed by atoms with Crippen molar-refractivity contribution in [3.8, 4) is 22.6 Å². The van der Waals surface area contributed by atoms with Gasteiger partial charge in [-0.25, -0.2) is 9.59 Å². The maximum atomic E-state index is 11.7. The number of anilines is 2. The van der Waals surface area contributed by atoms with Crippen LogP contribution in [0.1, 0.15) is 0 Å². The van der Waals surface area contributed by atoms with Crippen molar-refractivity contribution in [3.05, 3.63) is 36.4 Å². The molecule has 0 spiro atoms. The highest BCUT2D eigenvalue weighted by Gasteiger charge is 2.22. The molecule has 0 fully saturated rings. The van der Waals surface area contributed by atoms with Crippen molar-refractivity contribution in [2.75, 3.05) is 39.1 Å². The first-order chi connectivity index (χ1) is 12.5. The minimum Gasteiger partial charge on any atom is -0.496 e. The second-order valence-electron chi connectivity index (χ2n) is 5.00. The Morgan fingerprint density at radius 1 is 0.692 bits per heavy atom. The molecule has 2 rings (SSSR count). The number of nitrogens with one attached hydrogen (secondary N) is 2. The number of amides is 2. The zero-order valence-corrected chi connectivity index (χ0v) is 14.9. The number of ether oxygens (including phenoxy) is 4. The molecule has 0 saturated heterocycles. The molecular formula is C18H20N2O6. The van der Waals surface area contributed by atoms with Gasteiger partial charge >= 0.3 is 12.2 Å². The molecule has 26 heavy (non-hydrogen) atoms. The Labute approximate surface area is 151 Å². The van der Waals surface area contributed by atoms with Crippen molar-refractivity contribution in [1.29, 1.82) is 0 Å². The van der Waals surface area contributed by atoms with Gasteiger partial charge in [0.1, 0.15) is 11.5 Å². The molecule has 2 amide bonds. The van der Waals surface area contributed by atoms with Crippen LogP contribution in [0, 0.1) is 0 Å². The van der Waals surface area contributed by atoms with Crippen LogP contribution in [0.2, 0.25) is 0 Å². The van der Waals surface area contributed by atoms with Crippen molar-refractivity contribution in [1.82, 2.24) is 0 Å². The van der Waals surface area contributed by atoms with E-state index >= 15 is 0 Å². The molecule has 0 aliphatic carbocycles. The summed E-state index contributed by atoms with van der Waals surface area (Å²) in [6.45, 7) is 0. The van der Waals surface area contributed by atoms with E-state index in [4.69, 9.17) is 9.47 Å². The molecule has 138 valence electrons. The largest absolute Gasteiger partial charge is 0.496 e. The average molecular weight is 360 g/mol. The molecule has 0 aliphatic heterocycles. The lowest BCUT2D eigenvalue weighted by atomic mass is 9.99. The normalized spacial score (nSPS) is 9.85. The van der Waals surface area contributed by atoms with E-state index in [1.54, 1.807) is 36.4 Å². The van der Waals surface area contributed by atoms with E-state index < -0.39 is 12.2 Å². The summed E-state index contributed by atoms with van der Waals surface area (Å²) in [5.74, 6) is 0.938. The highest BCUT2D eigenvalue weighted by atomic mass is 16.5. The van der Waals surface area contributed by atoms with Crippen LogP contribution in [0.25, 0.3) is 11.1 Å². The number of carbonyl (C=O) groups excluding carboxylic acids is 2. The predicted molar refractivity (Wildman–Crippen MR) is 97.0 cm³/mol. The van der Waals surface area contributed by atoms with Gasteiger partial charge in [0, 0.05) is 0 Å². The number of benzene rings is 2. The van der Waals surface area contributed by atoms with Gasteiger partial charge < -0.3 is 18.9 Å². The van der Waals surface area contributed by atoms with Crippen LogP contribution < -0.4 is 20.1 Å². The maximum Gasteiger partial charge on any atom is 0.411 e. The van der Waals surface area contributed by atoms with Crippen LogP contribution in [-0.4, -0.2) is 40.6 Å². The lowest BCUT2D eigenvalue weighted by Gasteiger charge is -2.19. The van der Waals surface area contributed by atoms with Gasteiger partial charge in [0.25, 0.3) is 0 Å². The molecule has 0 heterocycles. The monoisotopic (exact) mass is 360 g/mol. The third-order valence-corrected chi connectivity index (χ3v) is 3.59. The first-order valence-electron chi connectivity index (χ1n) is 7.60. The summed E-state index contributed by atoms with van der Waals surface area (Å²) in [5.41, 5.74) is 1.88. The third-order valence-electron chi connectivity index (χ3n) is 3.59. The van der Waals surface area contributed by atoms with Gasteiger partial charge in [0.2, 0.25) is 0 Å². The molecule has 2 aromatic carbocycles. The van der Waals surface area contributed by atoms with Crippen LogP contribution in [0.3, 0.4) is 0 Å². The second kappa shape index (κ2) is 8.61. The highest BCUT2D eigenvalue weighted by molar-refractivity contribution is 6.01. The zero-order chi connectivity index (χ0) is 19.1. The van der Waals surface area contributed by atoms with E-state index in [0.717, 1.165) is 0 Å². The number of rotatable bonds is 5. The summed E-state index contributed by atoms with van der Waals surface area (Å²) < 4.78 is 20.3. The minimum atomic E-state index is -0.642. The summed E-state index contributed by atoms with van der Waals surface area (Å²) >= 11 is 0. The van der Waals surface area contributed by atoms with Crippen LogP contribution in [-0.2, 0) is 9.47 Å². The SMILES string of the molecule is COC(=O)Nc1cccc(OC)c1-c1c(NC(=O)OC)cccc1OC. The molecule has 2 aromatic rings. The summed E-state index contributed by atoms with van der Waals surface area (Å²) in [6.07, 6.45) is -1.28. The highest BCUT2D eigenvalue weighted by Crippen LogP contribution is 2.45. The van der Waals surface area contributed by atoms with Crippen molar-refractivity contribution in [2.24, 2.45) is 0 Å². The Hall–Kier alpha value is -3.42. The molecule has 8 heteroatoms. The molecule has 0 aromatic heterocycles. The van der Waals surface area contributed by atoms with E-state index in [2.05, 4.69) is 20.1 Å². The first kappa shape index (κ1) is 18.9. The van der Waals surface area contributed by atoms with Crippen LogP contribution >= 0.6 is 0 Å². The fourth-order valence-electron chi connectivity index (χ4n) is 2.45. The van der Waals surface area contributed by atoms with Crippen molar-refractivity contribution in [2.45, 2.75) is 0 Å². The Morgan fingerprint density at radius 3 is 1.38 bits per heavy atom. The van der Waals surface area contributed by atoms with Gasteiger partial charge in [-0.15, -0.1) is 0 Å². The van der Waals surface area contributed by atoms with Gasteiger partial charge in [-0.1, -0.05) is 12.1 Å². The van der Waals surface area contributed by atoms with Crippen LogP contribution in [0.15, 0.2) is 36.4 Å². The van der Waals surface area contributed by atoms with Crippen molar-refractivity contribution < 1.29 is 28.5 Å². The van der Waals surface area contributed by atoms with E-state index in [0.29, 0.717) is 34.0 Å². The van der Waals surface area contributed by atoms with E-state index in [1.807, 2.05) is 0 Å². The van der Waals surface area contributed by atoms with Gasteiger partial charge in [-0.05, 0) is 24.3 Å². The summed E-state index contributed by atoms with van der Waals surface area (Å²) in [6, 6.07) is 10.3. The fraction of sp³-hybridized carbons (Fsp3) is 0.222. The van der Waals surface area contributed by atoms with Crippen LogP contribution in [0.4, 0.5) is 21.0 Å². The van der Waals surface area contributed by atoms with E-state index in [9.17, 15) is 9.59 Å². The number of carbonyl (C=O) groups is 2. The topological polar surface area (TPSA) is 95.1 Å². The Bertz CT molecular complexity index is 739. The Kier molecular flexibility index (Phi) is 6.26. The van der Waals surface area contributed by atoms with Gasteiger partial charge in [-0.3, -0.25) is 10.6 Å². The molecule has 2 N–H and O–H groups in total. The molecule has 0 atom stereocenters. The predicted octanol–water partition coefficient (Wildman–Crippen LogP) is 3.73. The number of hydrogen-bond acceptors (Lipinski definition) is 6. The molecular weight excluding hydrogens is 340 g/mol. The second-order valence-corrected chi connectivity index (χ2v) is 5.00. The smallest absolute Gasteiger partial charge is 0.411 e. The van der Waals surface area contributed by atoms with Gasteiger partial charge in [0.15, 0.2) is 0 Å². The summed E-state index contributed by atoms with van der Waals surface area (Å²) in [4.78, 5) is 23.5. The molecule has 0 saturated carbocycles. The quantitative estimate of drug-likeness (QED) is 0.844. The standard InChI is InChI=1S/C18H20N2O6/c1-23-13-9-5-7-11(19-17(21)25-3)15(13)16-12(20-18(22)26-4)8-6-10-14(16)24-2/h5-10H,1-4H3,(H,19,21)(H,20,22). The van der Waals surface area contributed by atoms with Gasteiger partial charge in [-0.2, -0.15) is 0 Å². The minimum absolute atomic E-state index is 0.425. The fourth-order valence-corrected chi connectivity index (χ4v) is 2.45. The van der Waals surface area contributed by atoms with Crippen molar-refractivity contribution >= 4 is 23.6 Å². The maximum absolute atomic E-state index is 11.7. The molecule has 0 unspecified atom stereocenters. The van der Waals surface area contributed by atoms with Crippen LogP contribution in [0.5, 0.6) is 11.5 Å². The average Bonchev–Trinajstić information content (AvgIpc) is 2.67. The summed E-state index contributed by atoms with van der Waals surface area (Å²) in [7, 11) is 5.54. The Balaban J connectivity index is 2.73. The van der Waals surface area contributed by atoms with Gasteiger partial charge in [0.05, 0.1) is 50.9 Å². The van der Waals surface area contributed by atoms with Crippen molar-refractivity contribution in [3.63, 3.8) is 0 Å². The third kappa shape index (κ3) is 3.97. The van der Waals surface area contributed by atoms with E-state index in [1.165, 1.54) is 28.4 Å². The van der Waals surface area contributed by atoms with E-state index in [-0.39, 0.29) is 0 Å². The molecule has 8 nitrogen and oxygen atoms in total. The number of methoxy groups -OCH3 is 4. The lowest BCUT2D eigenvalue weighted by Crippen LogP contribution is -2.14.